The van der Waals surface area contributed by atoms with Crippen molar-refractivity contribution in [3.8, 4) is 16.9 Å². The smallest absolute Gasteiger partial charge is 0.341 e. The molecule has 0 bridgehead atoms. The number of benzene rings is 2. The molecule has 3 rings (SSSR count). The van der Waals surface area contributed by atoms with Crippen LogP contribution < -0.4 is 10.1 Å². The first-order valence-corrected chi connectivity index (χ1v) is 11.0. The molecule has 2 aromatic carbocycles. The fourth-order valence-electron chi connectivity index (χ4n) is 3.34. The third-order valence-corrected chi connectivity index (χ3v) is 6.55. The van der Waals surface area contributed by atoms with E-state index < -0.39 is 18.0 Å². The molecule has 0 radical (unpaired) electrons. The van der Waals surface area contributed by atoms with E-state index in [9.17, 15) is 14.0 Å². The van der Waals surface area contributed by atoms with E-state index in [2.05, 4.69) is 5.32 Å². The van der Waals surface area contributed by atoms with Gasteiger partial charge in [-0.2, -0.15) is 0 Å². The summed E-state index contributed by atoms with van der Waals surface area (Å²) in [5.41, 5.74) is 3.16. The minimum atomic E-state index is -0.836. The average molecular weight is 476 g/mol. The highest BCUT2D eigenvalue weighted by atomic mass is 35.5. The Balaban J connectivity index is 1.89. The van der Waals surface area contributed by atoms with Crippen LogP contribution in [0.4, 0.5) is 9.39 Å². The number of halogens is 2. The van der Waals surface area contributed by atoms with Gasteiger partial charge in [0.25, 0.3) is 5.91 Å². The average Bonchev–Trinajstić information content (AvgIpc) is 3.07. The van der Waals surface area contributed by atoms with Crippen molar-refractivity contribution in [2.75, 3.05) is 12.4 Å². The second kappa shape index (κ2) is 9.71. The minimum absolute atomic E-state index is 0.223. The van der Waals surface area contributed by atoms with Gasteiger partial charge in [0.05, 0.1) is 7.11 Å². The van der Waals surface area contributed by atoms with E-state index in [1.165, 1.54) is 30.6 Å². The lowest BCUT2D eigenvalue weighted by Gasteiger charge is -2.16. The minimum Gasteiger partial charge on any atom is -0.481 e. The summed E-state index contributed by atoms with van der Waals surface area (Å²) in [7, 11) is 1.27. The van der Waals surface area contributed by atoms with Gasteiger partial charge >= 0.3 is 5.97 Å². The maximum atomic E-state index is 13.4. The van der Waals surface area contributed by atoms with Gasteiger partial charge in [0, 0.05) is 15.5 Å². The Hall–Kier alpha value is -2.90. The van der Waals surface area contributed by atoms with Crippen molar-refractivity contribution < 1.29 is 23.5 Å². The number of carbonyl (C=O) groups is 2. The lowest BCUT2D eigenvalue weighted by Crippen LogP contribution is -2.30. The molecule has 1 N–H and O–H groups in total. The van der Waals surface area contributed by atoms with Crippen LogP contribution in [0.5, 0.6) is 5.75 Å². The van der Waals surface area contributed by atoms with Crippen molar-refractivity contribution >= 4 is 39.8 Å². The van der Waals surface area contributed by atoms with Crippen molar-refractivity contribution in [2.24, 2.45) is 0 Å². The number of thiophene rings is 1. The highest BCUT2D eigenvalue weighted by Gasteiger charge is 2.27. The predicted molar refractivity (Wildman–Crippen MR) is 125 cm³/mol. The van der Waals surface area contributed by atoms with Crippen LogP contribution in [0.15, 0.2) is 36.4 Å². The summed E-state index contributed by atoms with van der Waals surface area (Å²) in [6.07, 6.45) is -0.836. The van der Waals surface area contributed by atoms with Gasteiger partial charge in [0.1, 0.15) is 22.1 Å². The van der Waals surface area contributed by atoms with Crippen molar-refractivity contribution in [1.82, 2.24) is 0 Å². The molecule has 32 heavy (non-hydrogen) atoms. The molecule has 8 heteroatoms. The summed E-state index contributed by atoms with van der Waals surface area (Å²) < 4.78 is 24.1. The van der Waals surface area contributed by atoms with Gasteiger partial charge in [0.15, 0.2) is 6.10 Å². The zero-order chi connectivity index (χ0) is 23.6. The molecular weight excluding hydrogens is 453 g/mol. The zero-order valence-corrected chi connectivity index (χ0v) is 19.9. The second-order valence-electron chi connectivity index (χ2n) is 7.36. The van der Waals surface area contributed by atoms with Gasteiger partial charge < -0.3 is 14.8 Å². The van der Waals surface area contributed by atoms with E-state index in [4.69, 9.17) is 21.1 Å². The number of amides is 1. The number of ether oxygens (including phenoxy) is 2. The molecule has 168 valence electrons. The normalized spacial score (nSPS) is 11.7. The molecule has 0 fully saturated rings. The van der Waals surface area contributed by atoms with Crippen LogP contribution in [0.2, 0.25) is 5.02 Å². The molecule has 1 unspecified atom stereocenters. The van der Waals surface area contributed by atoms with Crippen molar-refractivity contribution in [3.05, 3.63) is 68.8 Å². The van der Waals surface area contributed by atoms with Gasteiger partial charge in [-0.15, -0.1) is 11.3 Å². The first kappa shape index (κ1) is 23.8. The second-order valence-corrected chi connectivity index (χ2v) is 8.96. The van der Waals surface area contributed by atoms with Crippen molar-refractivity contribution in [1.29, 1.82) is 0 Å². The number of rotatable bonds is 6. The van der Waals surface area contributed by atoms with Gasteiger partial charge in [-0.05, 0) is 68.7 Å². The summed E-state index contributed by atoms with van der Waals surface area (Å²) in [4.78, 5) is 26.2. The lowest BCUT2D eigenvalue weighted by molar-refractivity contribution is -0.122. The topological polar surface area (TPSA) is 64.6 Å². The quantitative estimate of drug-likeness (QED) is 0.423. The van der Waals surface area contributed by atoms with Gasteiger partial charge in [-0.25, -0.2) is 9.18 Å². The highest BCUT2D eigenvalue weighted by molar-refractivity contribution is 7.17. The summed E-state index contributed by atoms with van der Waals surface area (Å²) in [6.45, 7) is 7.17. The van der Waals surface area contributed by atoms with E-state index >= 15 is 0 Å². The van der Waals surface area contributed by atoms with E-state index in [-0.39, 0.29) is 11.4 Å². The van der Waals surface area contributed by atoms with Crippen LogP contribution >= 0.6 is 22.9 Å². The molecule has 1 amide bonds. The van der Waals surface area contributed by atoms with Crippen LogP contribution in [-0.2, 0) is 9.53 Å². The standard InChI is InChI=1S/C24H23ClFNO4S/c1-12-10-18(11-13(2)21(12)25)31-14(3)22(28)27-23-20(24(29)30-5)19(15(4)32-23)16-6-8-17(26)9-7-16/h6-11,14H,1-5H3,(H,27,28). The molecule has 1 aromatic heterocycles. The van der Waals surface area contributed by atoms with Crippen LogP contribution in [-0.4, -0.2) is 25.1 Å². The van der Waals surface area contributed by atoms with Crippen molar-refractivity contribution in [2.45, 2.75) is 33.8 Å². The van der Waals surface area contributed by atoms with Crippen molar-refractivity contribution in [3.63, 3.8) is 0 Å². The number of nitrogens with one attached hydrogen (secondary N) is 1. The molecular formula is C24H23ClFNO4S. The number of hydrogen-bond acceptors (Lipinski definition) is 5. The van der Waals surface area contributed by atoms with E-state index in [0.29, 0.717) is 26.9 Å². The number of anilines is 1. The Labute approximate surface area is 195 Å². The third kappa shape index (κ3) is 4.95. The fourth-order valence-corrected chi connectivity index (χ4v) is 4.52. The number of aryl methyl sites for hydroxylation is 3. The number of hydrogen-bond donors (Lipinski definition) is 1. The van der Waals surface area contributed by atoms with E-state index in [1.54, 1.807) is 31.2 Å². The SMILES string of the molecule is COC(=O)c1c(NC(=O)C(C)Oc2cc(C)c(Cl)c(C)c2)sc(C)c1-c1ccc(F)cc1. The summed E-state index contributed by atoms with van der Waals surface area (Å²) in [5, 5.41) is 3.78. The maximum absolute atomic E-state index is 13.4. The van der Waals surface area contributed by atoms with Crippen LogP contribution in [0.25, 0.3) is 11.1 Å². The molecule has 0 aliphatic carbocycles. The number of carbonyl (C=O) groups excluding carboxylic acids is 2. The van der Waals surface area contributed by atoms with E-state index in [0.717, 1.165) is 16.0 Å². The van der Waals surface area contributed by atoms with Crippen LogP contribution in [0, 0.1) is 26.6 Å². The van der Waals surface area contributed by atoms with Crippen LogP contribution in [0.3, 0.4) is 0 Å². The predicted octanol–water partition coefficient (Wildman–Crippen LogP) is 6.33. The largest absolute Gasteiger partial charge is 0.481 e. The first-order valence-electron chi connectivity index (χ1n) is 9.84. The van der Waals surface area contributed by atoms with Crippen LogP contribution in [0.1, 0.15) is 33.3 Å². The van der Waals surface area contributed by atoms with Gasteiger partial charge in [0.2, 0.25) is 0 Å². The molecule has 0 aliphatic heterocycles. The Morgan fingerprint density at radius 1 is 1.09 bits per heavy atom. The fraction of sp³-hybridized carbons (Fsp3) is 0.250. The van der Waals surface area contributed by atoms with Gasteiger partial charge in [-0.3, -0.25) is 4.79 Å². The molecule has 3 aromatic rings. The Morgan fingerprint density at radius 2 is 1.69 bits per heavy atom. The molecule has 0 saturated heterocycles. The first-order chi connectivity index (χ1) is 15.1. The zero-order valence-electron chi connectivity index (χ0n) is 18.3. The Bertz CT molecular complexity index is 1150. The number of esters is 1. The van der Waals surface area contributed by atoms with E-state index in [1.807, 2.05) is 20.8 Å². The molecule has 1 heterocycles. The monoisotopic (exact) mass is 475 g/mol. The molecule has 0 saturated carbocycles. The Morgan fingerprint density at radius 3 is 2.25 bits per heavy atom. The molecule has 0 spiro atoms. The summed E-state index contributed by atoms with van der Waals surface area (Å²) >= 11 is 7.44. The maximum Gasteiger partial charge on any atom is 0.341 e. The molecule has 1 atom stereocenters. The molecule has 5 nitrogen and oxygen atoms in total. The number of methoxy groups -OCH3 is 1. The van der Waals surface area contributed by atoms with Gasteiger partial charge in [-0.1, -0.05) is 23.7 Å². The Kier molecular flexibility index (Phi) is 7.21. The molecule has 0 aliphatic rings. The summed E-state index contributed by atoms with van der Waals surface area (Å²) in [6, 6.07) is 9.33. The lowest BCUT2D eigenvalue weighted by atomic mass is 10.0. The highest BCUT2D eigenvalue weighted by Crippen LogP contribution is 2.40. The third-order valence-electron chi connectivity index (χ3n) is 4.94. The summed E-state index contributed by atoms with van der Waals surface area (Å²) in [5.74, 6) is -0.878.